The number of benzene rings is 1. The summed E-state index contributed by atoms with van der Waals surface area (Å²) in [4.78, 5) is 17.0. The molecule has 1 saturated heterocycles. The van der Waals surface area contributed by atoms with Crippen molar-refractivity contribution in [3.63, 3.8) is 0 Å². The van der Waals surface area contributed by atoms with E-state index in [2.05, 4.69) is 20.2 Å². The second-order valence-corrected chi connectivity index (χ2v) is 6.57. The summed E-state index contributed by atoms with van der Waals surface area (Å²) in [6.45, 7) is 6.32. The van der Waals surface area contributed by atoms with Crippen LogP contribution < -0.4 is 10.6 Å². The van der Waals surface area contributed by atoms with E-state index in [4.69, 9.17) is 4.74 Å². The standard InChI is InChI=1S/C19H28N4O2/c1-2-25-13-5-12-23-17-7-4-3-6-16(17)21-19(23)22-18(24)9-8-15-10-11-20-14-15/h3-4,6-7,15,20H,2,5,8-14H2,1H3,(H,21,22,24). The molecule has 0 bridgehead atoms. The Bertz CT molecular complexity index is 692. The quantitative estimate of drug-likeness (QED) is 0.687. The van der Waals surface area contributed by atoms with Gasteiger partial charge in [-0.25, -0.2) is 4.98 Å². The van der Waals surface area contributed by atoms with Gasteiger partial charge in [0.2, 0.25) is 11.9 Å². The zero-order chi connectivity index (χ0) is 17.5. The molecule has 1 fully saturated rings. The Morgan fingerprint density at radius 2 is 2.32 bits per heavy atom. The van der Waals surface area contributed by atoms with Gasteiger partial charge in [-0.05, 0) is 57.3 Å². The number of rotatable bonds is 9. The Morgan fingerprint density at radius 3 is 3.12 bits per heavy atom. The lowest BCUT2D eigenvalue weighted by Crippen LogP contribution is -2.18. The fraction of sp³-hybridized carbons (Fsp3) is 0.579. The van der Waals surface area contributed by atoms with E-state index < -0.39 is 0 Å². The van der Waals surface area contributed by atoms with Crippen molar-refractivity contribution in [2.24, 2.45) is 5.92 Å². The molecule has 2 heterocycles. The van der Waals surface area contributed by atoms with E-state index in [1.165, 1.54) is 6.42 Å². The molecule has 1 aromatic carbocycles. The Labute approximate surface area is 149 Å². The molecule has 1 aromatic heterocycles. The van der Waals surface area contributed by atoms with Crippen LogP contribution in [-0.4, -0.2) is 41.8 Å². The maximum Gasteiger partial charge on any atom is 0.226 e. The number of nitrogens with zero attached hydrogens (tertiary/aromatic N) is 2. The summed E-state index contributed by atoms with van der Waals surface area (Å²) in [5.74, 6) is 1.32. The van der Waals surface area contributed by atoms with Crippen LogP contribution in [0.3, 0.4) is 0 Å². The SMILES string of the molecule is CCOCCCn1c(NC(=O)CCC2CCNC2)nc2ccccc21. The number of amides is 1. The molecule has 2 aromatic rings. The number of carbonyl (C=O) groups excluding carboxylic acids is 1. The molecule has 0 spiro atoms. The zero-order valence-electron chi connectivity index (χ0n) is 15.0. The maximum atomic E-state index is 12.4. The first-order chi connectivity index (χ1) is 12.3. The van der Waals surface area contributed by atoms with Gasteiger partial charge in [-0.2, -0.15) is 0 Å². The van der Waals surface area contributed by atoms with Crippen molar-refractivity contribution in [1.82, 2.24) is 14.9 Å². The molecule has 1 unspecified atom stereocenters. The van der Waals surface area contributed by atoms with Crippen LogP contribution >= 0.6 is 0 Å². The Kier molecular flexibility index (Phi) is 6.42. The van der Waals surface area contributed by atoms with Crippen molar-refractivity contribution in [2.75, 3.05) is 31.6 Å². The van der Waals surface area contributed by atoms with E-state index in [1.54, 1.807) is 0 Å². The number of nitrogens with one attached hydrogen (secondary N) is 2. The number of aromatic nitrogens is 2. The van der Waals surface area contributed by atoms with Gasteiger partial charge in [-0.1, -0.05) is 12.1 Å². The first-order valence-electron chi connectivity index (χ1n) is 9.31. The van der Waals surface area contributed by atoms with Gasteiger partial charge in [-0.15, -0.1) is 0 Å². The summed E-state index contributed by atoms with van der Waals surface area (Å²) in [6.07, 6.45) is 3.55. The van der Waals surface area contributed by atoms with Crippen molar-refractivity contribution in [1.29, 1.82) is 0 Å². The van der Waals surface area contributed by atoms with Gasteiger partial charge in [0, 0.05) is 26.2 Å². The summed E-state index contributed by atoms with van der Waals surface area (Å²) >= 11 is 0. The van der Waals surface area contributed by atoms with E-state index in [0.29, 0.717) is 24.9 Å². The summed E-state index contributed by atoms with van der Waals surface area (Å²) < 4.78 is 7.52. The molecule has 136 valence electrons. The Morgan fingerprint density at radius 1 is 1.44 bits per heavy atom. The summed E-state index contributed by atoms with van der Waals surface area (Å²) in [5.41, 5.74) is 1.96. The number of ether oxygens (including phenoxy) is 1. The molecule has 0 radical (unpaired) electrons. The number of imidazole rings is 1. The molecular formula is C19H28N4O2. The minimum absolute atomic E-state index is 0.0493. The highest BCUT2D eigenvalue weighted by Crippen LogP contribution is 2.21. The molecule has 0 saturated carbocycles. The van der Waals surface area contributed by atoms with E-state index in [9.17, 15) is 4.79 Å². The number of carbonyl (C=O) groups is 1. The predicted molar refractivity (Wildman–Crippen MR) is 99.7 cm³/mol. The van der Waals surface area contributed by atoms with Gasteiger partial charge >= 0.3 is 0 Å². The molecule has 6 nitrogen and oxygen atoms in total. The van der Waals surface area contributed by atoms with Crippen molar-refractivity contribution in [3.05, 3.63) is 24.3 Å². The van der Waals surface area contributed by atoms with Gasteiger partial charge in [0.1, 0.15) is 0 Å². The number of fused-ring (bicyclic) bond motifs is 1. The fourth-order valence-corrected chi connectivity index (χ4v) is 3.35. The Balaban J connectivity index is 1.65. The number of para-hydroxylation sites is 2. The number of aryl methyl sites for hydroxylation is 1. The van der Waals surface area contributed by atoms with Crippen molar-refractivity contribution in [2.45, 2.75) is 39.2 Å². The average molecular weight is 344 g/mol. The smallest absolute Gasteiger partial charge is 0.226 e. The molecule has 1 aliphatic rings. The third-order valence-electron chi connectivity index (χ3n) is 4.72. The van der Waals surface area contributed by atoms with Crippen LogP contribution in [0.4, 0.5) is 5.95 Å². The van der Waals surface area contributed by atoms with Gasteiger partial charge in [0.05, 0.1) is 11.0 Å². The van der Waals surface area contributed by atoms with Crippen molar-refractivity contribution < 1.29 is 9.53 Å². The third-order valence-corrected chi connectivity index (χ3v) is 4.72. The minimum Gasteiger partial charge on any atom is -0.382 e. The van der Waals surface area contributed by atoms with Gasteiger partial charge in [0.15, 0.2) is 0 Å². The van der Waals surface area contributed by atoms with Gasteiger partial charge < -0.3 is 14.6 Å². The molecule has 1 amide bonds. The number of hydrogen-bond donors (Lipinski definition) is 2. The van der Waals surface area contributed by atoms with E-state index in [-0.39, 0.29) is 5.91 Å². The number of hydrogen-bond acceptors (Lipinski definition) is 4. The molecular weight excluding hydrogens is 316 g/mol. The highest BCUT2D eigenvalue weighted by Gasteiger charge is 2.17. The van der Waals surface area contributed by atoms with Crippen LogP contribution in [-0.2, 0) is 16.1 Å². The molecule has 0 aliphatic carbocycles. The topological polar surface area (TPSA) is 68.2 Å². The summed E-state index contributed by atoms with van der Waals surface area (Å²) in [5, 5.41) is 6.36. The maximum absolute atomic E-state index is 12.4. The molecule has 2 N–H and O–H groups in total. The second kappa shape index (κ2) is 8.97. The highest BCUT2D eigenvalue weighted by atomic mass is 16.5. The monoisotopic (exact) mass is 344 g/mol. The van der Waals surface area contributed by atoms with E-state index in [1.807, 2.05) is 31.2 Å². The van der Waals surface area contributed by atoms with Crippen LogP contribution in [0.15, 0.2) is 24.3 Å². The molecule has 25 heavy (non-hydrogen) atoms. The van der Waals surface area contributed by atoms with Crippen LogP contribution in [0.2, 0.25) is 0 Å². The van der Waals surface area contributed by atoms with Gasteiger partial charge in [0.25, 0.3) is 0 Å². The first-order valence-corrected chi connectivity index (χ1v) is 9.31. The van der Waals surface area contributed by atoms with Gasteiger partial charge in [-0.3, -0.25) is 10.1 Å². The highest BCUT2D eigenvalue weighted by molar-refractivity contribution is 5.91. The molecule has 6 heteroatoms. The van der Waals surface area contributed by atoms with Crippen LogP contribution in [0.1, 0.15) is 32.6 Å². The molecule has 1 atom stereocenters. The van der Waals surface area contributed by atoms with Crippen LogP contribution in [0.25, 0.3) is 11.0 Å². The zero-order valence-corrected chi connectivity index (χ0v) is 15.0. The van der Waals surface area contributed by atoms with Crippen LogP contribution in [0, 0.1) is 5.92 Å². The van der Waals surface area contributed by atoms with Crippen molar-refractivity contribution >= 4 is 22.9 Å². The first kappa shape index (κ1) is 17.9. The fourth-order valence-electron chi connectivity index (χ4n) is 3.35. The summed E-state index contributed by atoms with van der Waals surface area (Å²) in [6, 6.07) is 8.00. The van der Waals surface area contributed by atoms with E-state index >= 15 is 0 Å². The van der Waals surface area contributed by atoms with Crippen molar-refractivity contribution in [3.8, 4) is 0 Å². The lowest BCUT2D eigenvalue weighted by atomic mass is 10.0. The van der Waals surface area contributed by atoms with Crippen LogP contribution in [0.5, 0.6) is 0 Å². The Hall–Kier alpha value is -1.92. The molecule has 1 aliphatic heterocycles. The number of anilines is 1. The summed E-state index contributed by atoms with van der Waals surface area (Å²) in [7, 11) is 0. The third kappa shape index (κ3) is 4.80. The molecule has 3 rings (SSSR count). The minimum atomic E-state index is 0.0493. The second-order valence-electron chi connectivity index (χ2n) is 6.57. The lowest BCUT2D eigenvalue weighted by molar-refractivity contribution is -0.116. The predicted octanol–water partition coefficient (Wildman–Crippen LogP) is 2.79. The largest absolute Gasteiger partial charge is 0.382 e. The van der Waals surface area contributed by atoms with E-state index in [0.717, 1.165) is 50.1 Å². The normalized spacial score (nSPS) is 17.2. The lowest BCUT2D eigenvalue weighted by Gasteiger charge is -2.11. The average Bonchev–Trinajstić information content (AvgIpc) is 3.25.